The number of rotatable bonds is 10. The Kier molecular flexibility index (Phi) is 7.29. The van der Waals surface area contributed by atoms with Crippen molar-refractivity contribution in [2.45, 2.75) is 71.6 Å². The second-order valence-corrected chi connectivity index (χ2v) is 7.83. The second-order valence-electron chi connectivity index (χ2n) is 7.83. The van der Waals surface area contributed by atoms with Gasteiger partial charge in [0.2, 0.25) is 0 Å². The van der Waals surface area contributed by atoms with E-state index in [1.54, 1.807) is 0 Å². The molecule has 0 aromatic carbocycles. The molecular formula is C20H36N6O2. The van der Waals surface area contributed by atoms with Gasteiger partial charge in [-0.15, -0.1) is 10.2 Å². The topological polar surface area (TPSA) is 85.6 Å². The van der Waals surface area contributed by atoms with Gasteiger partial charge in [0.05, 0.1) is 6.10 Å². The molecule has 1 aromatic heterocycles. The van der Waals surface area contributed by atoms with Crippen LogP contribution in [0.25, 0.3) is 0 Å². The van der Waals surface area contributed by atoms with E-state index in [9.17, 15) is 0 Å². The van der Waals surface area contributed by atoms with Gasteiger partial charge in [-0.1, -0.05) is 6.42 Å². The van der Waals surface area contributed by atoms with Gasteiger partial charge in [0.1, 0.15) is 12.4 Å². The van der Waals surface area contributed by atoms with Gasteiger partial charge in [0.25, 0.3) is 0 Å². The fourth-order valence-corrected chi connectivity index (χ4v) is 4.22. The fourth-order valence-electron chi connectivity index (χ4n) is 4.22. The molecule has 0 radical (unpaired) electrons. The monoisotopic (exact) mass is 392 g/mol. The summed E-state index contributed by atoms with van der Waals surface area (Å²) in [7, 11) is 1.98. The highest BCUT2D eigenvalue weighted by Gasteiger charge is 2.59. The number of aliphatic imine (C=N–C) groups is 1. The van der Waals surface area contributed by atoms with E-state index < -0.39 is 0 Å². The quantitative estimate of drug-likeness (QED) is 0.360. The number of aromatic nitrogens is 3. The first-order valence-electron chi connectivity index (χ1n) is 10.7. The maximum absolute atomic E-state index is 5.98. The first-order chi connectivity index (χ1) is 13.6. The summed E-state index contributed by atoms with van der Waals surface area (Å²) in [6, 6.07) is 0.428. The van der Waals surface area contributed by atoms with E-state index in [4.69, 9.17) is 14.5 Å². The number of hydrogen-bond acceptors (Lipinski definition) is 5. The van der Waals surface area contributed by atoms with Crippen LogP contribution in [0.15, 0.2) is 4.99 Å². The van der Waals surface area contributed by atoms with Gasteiger partial charge in [-0.05, 0) is 46.5 Å². The summed E-state index contributed by atoms with van der Waals surface area (Å²) in [5, 5.41) is 15.5. The number of nitrogens with zero attached hydrogens (tertiary/aromatic N) is 4. The predicted molar refractivity (Wildman–Crippen MR) is 109 cm³/mol. The third-order valence-electron chi connectivity index (χ3n) is 6.27. The molecule has 2 N–H and O–H groups in total. The van der Waals surface area contributed by atoms with Crippen molar-refractivity contribution in [2.24, 2.45) is 17.5 Å². The van der Waals surface area contributed by atoms with Crippen LogP contribution in [0, 0.1) is 12.3 Å². The minimum atomic E-state index is 0.297. The molecular weight excluding hydrogens is 356 g/mol. The van der Waals surface area contributed by atoms with E-state index in [-0.39, 0.29) is 0 Å². The van der Waals surface area contributed by atoms with Crippen molar-refractivity contribution in [3.05, 3.63) is 11.6 Å². The lowest BCUT2D eigenvalue weighted by Crippen LogP contribution is -2.68. The van der Waals surface area contributed by atoms with E-state index in [1.807, 2.05) is 25.5 Å². The van der Waals surface area contributed by atoms with Crippen molar-refractivity contribution in [1.82, 2.24) is 25.4 Å². The molecule has 0 aliphatic heterocycles. The SMILES string of the molecule is CCOCCCNC(=NCc1nnc(C)n1C)NC1CC(OCC)C12CCC2. The summed E-state index contributed by atoms with van der Waals surface area (Å²) in [5.41, 5.74) is 0.297. The lowest BCUT2D eigenvalue weighted by Gasteiger charge is -2.61. The van der Waals surface area contributed by atoms with Crippen molar-refractivity contribution in [1.29, 1.82) is 0 Å². The summed E-state index contributed by atoms with van der Waals surface area (Å²) in [4.78, 5) is 4.79. The summed E-state index contributed by atoms with van der Waals surface area (Å²) in [6.45, 7) is 9.71. The highest BCUT2D eigenvalue weighted by Crippen LogP contribution is 2.57. The summed E-state index contributed by atoms with van der Waals surface area (Å²) >= 11 is 0. The van der Waals surface area contributed by atoms with Crippen LogP contribution in [-0.4, -0.2) is 59.2 Å². The minimum absolute atomic E-state index is 0.297. The first kappa shape index (κ1) is 21.0. The molecule has 2 unspecified atom stereocenters. The summed E-state index contributed by atoms with van der Waals surface area (Å²) in [5.74, 6) is 2.62. The zero-order chi connectivity index (χ0) is 20.0. The van der Waals surface area contributed by atoms with Crippen LogP contribution >= 0.6 is 0 Å². The Hall–Kier alpha value is -1.67. The minimum Gasteiger partial charge on any atom is -0.382 e. The molecule has 0 bridgehead atoms. The van der Waals surface area contributed by atoms with Gasteiger partial charge in [-0.25, -0.2) is 4.99 Å². The van der Waals surface area contributed by atoms with E-state index >= 15 is 0 Å². The molecule has 2 aliphatic carbocycles. The van der Waals surface area contributed by atoms with Crippen LogP contribution < -0.4 is 10.6 Å². The number of ether oxygens (including phenoxy) is 2. The molecule has 0 amide bonds. The molecule has 8 heteroatoms. The number of nitrogens with one attached hydrogen (secondary N) is 2. The molecule has 8 nitrogen and oxygen atoms in total. The second kappa shape index (κ2) is 9.69. The Balaban J connectivity index is 1.61. The Labute approximate surface area is 168 Å². The van der Waals surface area contributed by atoms with Crippen LogP contribution in [0.1, 0.15) is 57.6 Å². The Morgan fingerprint density at radius 3 is 2.71 bits per heavy atom. The average molecular weight is 393 g/mol. The van der Waals surface area contributed by atoms with Crippen molar-refractivity contribution < 1.29 is 9.47 Å². The predicted octanol–water partition coefficient (Wildman–Crippen LogP) is 1.93. The van der Waals surface area contributed by atoms with Crippen molar-refractivity contribution in [3.8, 4) is 0 Å². The van der Waals surface area contributed by atoms with Gasteiger partial charge < -0.3 is 24.7 Å². The zero-order valence-corrected chi connectivity index (χ0v) is 17.8. The Morgan fingerprint density at radius 2 is 2.11 bits per heavy atom. The molecule has 1 spiro atoms. The maximum atomic E-state index is 5.98. The largest absolute Gasteiger partial charge is 0.382 e. The van der Waals surface area contributed by atoms with Crippen molar-refractivity contribution in [2.75, 3.05) is 26.4 Å². The first-order valence-corrected chi connectivity index (χ1v) is 10.7. The molecule has 1 heterocycles. The number of aryl methyl sites for hydroxylation is 1. The third-order valence-corrected chi connectivity index (χ3v) is 6.27. The van der Waals surface area contributed by atoms with Gasteiger partial charge in [-0.2, -0.15) is 0 Å². The highest BCUT2D eigenvalue weighted by atomic mass is 16.5. The van der Waals surface area contributed by atoms with E-state index in [0.717, 1.165) is 56.8 Å². The normalized spacial score (nSPS) is 23.4. The molecule has 0 saturated heterocycles. The lowest BCUT2D eigenvalue weighted by atomic mass is 9.51. The smallest absolute Gasteiger partial charge is 0.191 e. The van der Waals surface area contributed by atoms with Gasteiger partial charge in [-0.3, -0.25) is 0 Å². The molecule has 28 heavy (non-hydrogen) atoms. The third kappa shape index (κ3) is 4.49. The number of hydrogen-bond donors (Lipinski definition) is 2. The van der Waals surface area contributed by atoms with Crippen molar-refractivity contribution >= 4 is 5.96 Å². The molecule has 3 rings (SSSR count). The molecule has 158 valence electrons. The Morgan fingerprint density at radius 1 is 1.29 bits per heavy atom. The van der Waals surface area contributed by atoms with Crippen LogP contribution in [-0.2, 0) is 23.1 Å². The lowest BCUT2D eigenvalue weighted by molar-refractivity contribution is -0.168. The van der Waals surface area contributed by atoms with Gasteiger partial charge in [0.15, 0.2) is 11.8 Å². The summed E-state index contributed by atoms with van der Waals surface area (Å²) in [6.07, 6.45) is 6.19. The van der Waals surface area contributed by atoms with E-state index in [1.165, 1.54) is 19.3 Å². The van der Waals surface area contributed by atoms with E-state index in [2.05, 4.69) is 27.8 Å². The van der Waals surface area contributed by atoms with E-state index in [0.29, 0.717) is 24.1 Å². The van der Waals surface area contributed by atoms with Crippen LogP contribution in [0.2, 0.25) is 0 Å². The maximum Gasteiger partial charge on any atom is 0.191 e. The Bertz CT molecular complexity index is 655. The van der Waals surface area contributed by atoms with Crippen LogP contribution in [0.5, 0.6) is 0 Å². The number of guanidine groups is 1. The zero-order valence-electron chi connectivity index (χ0n) is 17.8. The van der Waals surface area contributed by atoms with Gasteiger partial charge in [0, 0.05) is 44.9 Å². The molecule has 2 saturated carbocycles. The molecule has 2 aliphatic rings. The molecule has 2 fully saturated rings. The standard InChI is InChI=1S/C20H36N6O2/c1-5-27-12-8-11-21-19(22-14-18-25-24-15(3)26(18)4)23-16-13-17(28-6-2)20(16)9-7-10-20/h16-17H,5-14H2,1-4H3,(H2,21,22,23). The molecule has 2 atom stereocenters. The molecule has 1 aromatic rings. The average Bonchev–Trinajstić information content (AvgIpc) is 2.95. The van der Waals surface area contributed by atoms with Crippen molar-refractivity contribution in [3.63, 3.8) is 0 Å². The van der Waals surface area contributed by atoms with Crippen LogP contribution in [0.4, 0.5) is 0 Å². The fraction of sp³-hybridized carbons (Fsp3) is 0.850. The highest BCUT2D eigenvalue weighted by molar-refractivity contribution is 5.80. The van der Waals surface area contributed by atoms with Crippen LogP contribution in [0.3, 0.4) is 0 Å². The van der Waals surface area contributed by atoms with Gasteiger partial charge >= 0.3 is 0 Å². The summed E-state index contributed by atoms with van der Waals surface area (Å²) < 4.78 is 13.4.